The minimum atomic E-state index is -0.436. The molecule has 0 aliphatic heterocycles. The Balaban J connectivity index is 2.22. The third-order valence-corrected chi connectivity index (χ3v) is 3.60. The largest absolute Gasteiger partial charge is 0.488 e. The summed E-state index contributed by atoms with van der Waals surface area (Å²) in [5, 5.41) is 12.8. The smallest absolute Gasteiger partial charge is 0.131 e. The number of nitrogens with zero attached hydrogens (tertiary/aromatic N) is 1. The van der Waals surface area contributed by atoms with Gasteiger partial charge in [0.2, 0.25) is 0 Å². The lowest BCUT2D eigenvalue weighted by molar-refractivity contribution is 0.302. The average molecular weight is 328 g/mol. The van der Waals surface area contributed by atoms with E-state index in [-0.39, 0.29) is 12.4 Å². The first kappa shape index (κ1) is 15.6. The highest BCUT2D eigenvalue weighted by Gasteiger charge is 2.10. The number of oxime groups is 1. The fourth-order valence-electron chi connectivity index (χ4n) is 1.76. The number of rotatable bonds is 4. The lowest BCUT2D eigenvalue weighted by Gasteiger charge is -2.11. The van der Waals surface area contributed by atoms with Gasteiger partial charge in [0.15, 0.2) is 0 Å². The summed E-state index contributed by atoms with van der Waals surface area (Å²) in [5.74, 6) is -0.148. The van der Waals surface area contributed by atoms with Crippen molar-refractivity contribution in [1.82, 2.24) is 0 Å². The first-order chi connectivity index (χ1) is 10.0. The normalized spacial score (nSPS) is 11.5. The van der Waals surface area contributed by atoms with Gasteiger partial charge in [0.1, 0.15) is 18.2 Å². The molecule has 0 aliphatic carbocycles. The zero-order valence-electron chi connectivity index (χ0n) is 11.1. The molecule has 2 aromatic rings. The van der Waals surface area contributed by atoms with Crippen LogP contribution in [0.15, 0.2) is 41.6 Å². The van der Waals surface area contributed by atoms with Gasteiger partial charge in [-0.15, -0.1) is 0 Å². The van der Waals surface area contributed by atoms with E-state index in [4.69, 9.17) is 33.1 Å². The van der Waals surface area contributed by atoms with Crippen LogP contribution < -0.4 is 4.74 Å². The minimum absolute atomic E-state index is 0.187. The summed E-state index contributed by atoms with van der Waals surface area (Å²) >= 11 is 11.8. The molecule has 6 heteroatoms. The van der Waals surface area contributed by atoms with Gasteiger partial charge in [-0.05, 0) is 36.8 Å². The van der Waals surface area contributed by atoms with Crippen molar-refractivity contribution < 1.29 is 14.3 Å². The van der Waals surface area contributed by atoms with Gasteiger partial charge in [-0.3, -0.25) is 0 Å². The van der Waals surface area contributed by atoms with Crippen molar-refractivity contribution in [3.05, 3.63) is 63.4 Å². The van der Waals surface area contributed by atoms with E-state index in [1.807, 2.05) is 0 Å². The Kier molecular flexibility index (Phi) is 5.04. The maximum atomic E-state index is 13.3. The highest BCUT2D eigenvalue weighted by Crippen LogP contribution is 2.25. The Morgan fingerprint density at radius 3 is 2.62 bits per heavy atom. The number of hydrogen-bond acceptors (Lipinski definition) is 3. The summed E-state index contributed by atoms with van der Waals surface area (Å²) < 4.78 is 18.9. The molecule has 3 nitrogen and oxygen atoms in total. The second kappa shape index (κ2) is 6.78. The molecule has 0 atom stereocenters. The molecule has 2 aromatic carbocycles. The van der Waals surface area contributed by atoms with Crippen LogP contribution >= 0.6 is 23.2 Å². The first-order valence-electron chi connectivity index (χ1n) is 6.06. The Bertz CT molecular complexity index is 689. The van der Waals surface area contributed by atoms with Crippen molar-refractivity contribution in [2.75, 3.05) is 0 Å². The van der Waals surface area contributed by atoms with Crippen molar-refractivity contribution in [2.45, 2.75) is 13.5 Å². The van der Waals surface area contributed by atoms with E-state index in [0.29, 0.717) is 21.3 Å². The Labute approximate surface area is 131 Å². The van der Waals surface area contributed by atoms with Crippen LogP contribution in [0.3, 0.4) is 0 Å². The molecule has 0 saturated heterocycles. The maximum Gasteiger partial charge on any atom is 0.131 e. The van der Waals surface area contributed by atoms with Crippen LogP contribution in [0.4, 0.5) is 4.39 Å². The molecule has 0 aliphatic rings. The van der Waals surface area contributed by atoms with E-state index < -0.39 is 5.82 Å². The Hall–Kier alpha value is -1.78. The summed E-state index contributed by atoms with van der Waals surface area (Å²) in [6.45, 7) is 1.78. The highest BCUT2D eigenvalue weighted by molar-refractivity contribution is 6.42. The van der Waals surface area contributed by atoms with Crippen molar-refractivity contribution in [3.63, 3.8) is 0 Å². The molecule has 2 rings (SSSR count). The molecule has 0 aromatic heterocycles. The van der Waals surface area contributed by atoms with Gasteiger partial charge in [0.05, 0.1) is 15.8 Å². The van der Waals surface area contributed by atoms with Gasteiger partial charge in [-0.25, -0.2) is 4.39 Å². The number of benzene rings is 2. The van der Waals surface area contributed by atoms with E-state index in [9.17, 15) is 4.39 Å². The van der Waals surface area contributed by atoms with Gasteiger partial charge < -0.3 is 9.94 Å². The van der Waals surface area contributed by atoms with E-state index in [1.54, 1.807) is 25.1 Å². The molecule has 0 bridgehead atoms. The summed E-state index contributed by atoms with van der Waals surface area (Å²) in [7, 11) is 0. The maximum absolute atomic E-state index is 13.3. The molecule has 21 heavy (non-hydrogen) atoms. The van der Waals surface area contributed by atoms with Crippen LogP contribution in [-0.4, -0.2) is 10.9 Å². The van der Waals surface area contributed by atoms with Gasteiger partial charge in [-0.1, -0.05) is 34.4 Å². The molecule has 0 saturated carbocycles. The molecule has 1 N–H and O–H groups in total. The van der Waals surface area contributed by atoms with E-state index in [2.05, 4.69) is 5.16 Å². The molecule has 0 radical (unpaired) electrons. The van der Waals surface area contributed by atoms with Gasteiger partial charge in [-0.2, -0.15) is 0 Å². The summed E-state index contributed by atoms with van der Waals surface area (Å²) in [4.78, 5) is 0. The second-order valence-electron chi connectivity index (χ2n) is 4.36. The van der Waals surface area contributed by atoms with Crippen LogP contribution in [0.25, 0.3) is 0 Å². The standard InChI is InChI=1S/C15H12Cl2FNO2/c1-9(19-20)12-4-3-11(18)7-15(12)21-8-10-2-5-13(16)14(17)6-10/h2-7,20H,8H2,1H3. The average Bonchev–Trinajstić information content (AvgIpc) is 2.48. The fourth-order valence-corrected chi connectivity index (χ4v) is 2.08. The molecule has 0 fully saturated rings. The van der Waals surface area contributed by atoms with Gasteiger partial charge in [0.25, 0.3) is 0 Å². The van der Waals surface area contributed by atoms with Crippen molar-refractivity contribution in [1.29, 1.82) is 0 Å². The highest BCUT2D eigenvalue weighted by atomic mass is 35.5. The zero-order chi connectivity index (χ0) is 15.4. The van der Waals surface area contributed by atoms with Gasteiger partial charge in [0, 0.05) is 11.6 Å². The predicted octanol–water partition coefficient (Wildman–Crippen LogP) is 4.91. The number of halogens is 3. The Morgan fingerprint density at radius 2 is 1.95 bits per heavy atom. The predicted molar refractivity (Wildman–Crippen MR) is 81.2 cm³/mol. The minimum Gasteiger partial charge on any atom is -0.488 e. The fraction of sp³-hybridized carbons (Fsp3) is 0.133. The molecular formula is C15H12Cl2FNO2. The number of ether oxygens (including phenoxy) is 1. The van der Waals surface area contributed by atoms with Crippen LogP contribution in [0.2, 0.25) is 10.0 Å². The Morgan fingerprint density at radius 1 is 1.19 bits per heavy atom. The molecular weight excluding hydrogens is 316 g/mol. The molecule has 0 unspecified atom stereocenters. The summed E-state index contributed by atoms with van der Waals surface area (Å²) in [5.41, 5.74) is 1.64. The summed E-state index contributed by atoms with van der Waals surface area (Å²) in [6.07, 6.45) is 0. The van der Waals surface area contributed by atoms with Crippen LogP contribution in [0.1, 0.15) is 18.1 Å². The third-order valence-electron chi connectivity index (χ3n) is 2.86. The molecule has 0 spiro atoms. The summed E-state index contributed by atoms with van der Waals surface area (Å²) in [6, 6.07) is 9.11. The van der Waals surface area contributed by atoms with Crippen LogP contribution in [0, 0.1) is 5.82 Å². The van der Waals surface area contributed by atoms with Crippen molar-refractivity contribution in [2.24, 2.45) is 5.16 Å². The van der Waals surface area contributed by atoms with E-state index in [0.717, 1.165) is 5.56 Å². The van der Waals surface area contributed by atoms with Crippen LogP contribution in [0.5, 0.6) is 5.75 Å². The zero-order valence-corrected chi connectivity index (χ0v) is 12.6. The first-order valence-corrected chi connectivity index (χ1v) is 6.82. The van der Waals surface area contributed by atoms with Crippen molar-refractivity contribution >= 4 is 28.9 Å². The number of hydrogen-bond donors (Lipinski definition) is 1. The second-order valence-corrected chi connectivity index (χ2v) is 5.18. The molecule has 110 valence electrons. The SMILES string of the molecule is CC(=NO)c1ccc(F)cc1OCc1ccc(Cl)c(Cl)c1. The van der Waals surface area contributed by atoms with Crippen molar-refractivity contribution in [3.8, 4) is 5.75 Å². The van der Waals surface area contributed by atoms with Crippen LogP contribution in [-0.2, 0) is 6.61 Å². The quantitative estimate of drug-likeness (QED) is 0.492. The lowest BCUT2D eigenvalue weighted by atomic mass is 10.1. The van der Waals surface area contributed by atoms with Gasteiger partial charge >= 0.3 is 0 Å². The molecule has 0 amide bonds. The van der Waals surface area contributed by atoms with E-state index >= 15 is 0 Å². The monoisotopic (exact) mass is 327 g/mol. The third kappa shape index (κ3) is 3.86. The topological polar surface area (TPSA) is 41.8 Å². The van der Waals surface area contributed by atoms with E-state index in [1.165, 1.54) is 18.2 Å². The molecule has 0 heterocycles. The lowest BCUT2D eigenvalue weighted by Crippen LogP contribution is -2.03.